The number of rotatable bonds is 4. The fraction of sp³-hybridized carbons (Fsp3) is 0.429. The Kier molecular flexibility index (Phi) is 3.77. The number of hydrogen-bond acceptors (Lipinski definition) is 3. The van der Waals surface area contributed by atoms with Crippen LogP contribution in [-0.2, 0) is 6.42 Å². The van der Waals surface area contributed by atoms with Crippen LogP contribution in [0.5, 0.6) is 11.5 Å². The first-order valence-corrected chi connectivity index (χ1v) is 5.93. The van der Waals surface area contributed by atoms with Gasteiger partial charge in [0.2, 0.25) is 0 Å². The van der Waals surface area contributed by atoms with Crippen molar-refractivity contribution in [2.24, 2.45) is 0 Å². The van der Waals surface area contributed by atoms with Crippen molar-refractivity contribution < 1.29 is 9.47 Å². The summed E-state index contributed by atoms with van der Waals surface area (Å²) in [6.07, 6.45) is 7.16. The van der Waals surface area contributed by atoms with Gasteiger partial charge in [0.25, 0.3) is 0 Å². The lowest BCUT2D eigenvalue weighted by molar-refractivity contribution is 0.171. The van der Waals surface area contributed by atoms with Gasteiger partial charge in [-0.05, 0) is 30.5 Å². The highest BCUT2D eigenvalue weighted by molar-refractivity contribution is 5.44. The van der Waals surface area contributed by atoms with E-state index < -0.39 is 0 Å². The number of benzene rings is 1. The Labute approximate surface area is 102 Å². The van der Waals surface area contributed by atoms with Crippen LogP contribution in [0.25, 0.3) is 0 Å². The maximum absolute atomic E-state index is 5.55. The molecule has 1 aromatic carbocycles. The molecule has 17 heavy (non-hydrogen) atoms. The minimum Gasteiger partial charge on any atom is -0.486 e. The maximum atomic E-state index is 5.55. The zero-order valence-corrected chi connectivity index (χ0v) is 10.0. The number of nitrogens with one attached hydrogen (secondary N) is 1. The van der Waals surface area contributed by atoms with E-state index in [1.54, 1.807) is 0 Å². The van der Waals surface area contributed by atoms with Gasteiger partial charge in [-0.15, -0.1) is 0 Å². The molecular weight excluding hydrogens is 214 g/mol. The van der Waals surface area contributed by atoms with E-state index in [4.69, 9.17) is 15.9 Å². The zero-order valence-electron chi connectivity index (χ0n) is 10.0. The van der Waals surface area contributed by atoms with Gasteiger partial charge in [-0.3, -0.25) is 0 Å². The molecule has 1 N–H and O–H groups in total. The number of terminal acetylenes is 1. The van der Waals surface area contributed by atoms with Crippen LogP contribution >= 0.6 is 0 Å². The molecule has 3 nitrogen and oxygen atoms in total. The predicted octanol–water partition coefficient (Wildman–Crippen LogP) is 1.96. The van der Waals surface area contributed by atoms with Crippen LogP contribution in [0.2, 0.25) is 0 Å². The van der Waals surface area contributed by atoms with E-state index in [0.29, 0.717) is 19.3 Å². The minimum atomic E-state index is 0.308. The molecule has 0 fully saturated rings. The SMILES string of the molecule is C#CNC(CC)Cc1ccc2c(c1)OCCO2. The molecule has 3 heteroatoms. The molecule has 0 saturated carbocycles. The molecule has 90 valence electrons. The van der Waals surface area contributed by atoms with Crippen LogP contribution in [0, 0.1) is 12.5 Å². The van der Waals surface area contributed by atoms with Crippen LogP contribution in [0.3, 0.4) is 0 Å². The fourth-order valence-corrected chi connectivity index (χ4v) is 1.91. The molecule has 1 unspecified atom stereocenters. The fourth-order valence-electron chi connectivity index (χ4n) is 1.91. The third-order valence-corrected chi connectivity index (χ3v) is 2.87. The van der Waals surface area contributed by atoms with Gasteiger partial charge in [0.1, 0.15) is 13.2 Å². The monoisotopic (exact) mass is 231 g/mol. The molecule has 1 atom stereocenters. The largest absolute Gasteiger partial charge is 0.486 e. The Balaban J connectivity index is 2.09. The lowest BCUT2D eigenvalue weighted by Crippen LogP contribution is -2.26. The van der Waals surface area contributed by atoms with Gasteiger partial charge >= 0.3 is 0 Å². The summed E-state index contributed by atoms with van der Waals surface area (Å²) in [4.78, 5) is 0. The first kappa shape index (κ1) is 11.7. The minimum absolute atomic E-state index is 0.308. The van der Waals surface area contributed by atoms with E-state index in [1.165, 1.54) is 5.56 Å². The van der Waals surface area contributed by atoms with Crippen molar-refractivity contribution in [3.8, 4) is 24.0 Å². The molecule has 2 rings (SSSR count). The van der Waals surface area contributed by atoms with E-state index in [9.17, 15) is 0 Å². The molecular formula is C14H17NO2. The average molecular weight is 231 g/mol. The van der Waals surface area contributed by atoms with E-state index in [0.717, 1.165) is 24.3 Å². The maximum Gasteiger partial charge on any atom is 0.161 e. The summed E-state index contributed by atoms with van der Waals surface area (Å²) in [6.45, 7) is 3.37. The third kappa shape index (κ3) is 2.85. The Morgan fingerprint density at radius 2 is 2.12 bits per heavy atom. The standard InChI is InChI=1S/C14H17NO2/c1-3-12(15-4-2)9-11-5-6-13-14(10-11)17-8-7-16-13/h2,5-6,10,12,15H,3,7-9H2,1H3. The normalized spacial score (nSPS) is 14.8. The van der Waals surface area contributed by atoms with Crippen molar-refractivity contribution >= 4 is 0 Å². The van der Waals surface area contributed by atoms with Gasteiger partial charge in [-0.2, -0.15) is 0 Å². The Hall–Kier alpha value is -1.82. The molecule has 0 amide bonds. The second-order valence-electron chi connectivity index (χ2n) is 4.08. The first-order valence-electron chi connectivity index (χ1n) is 5.93. The lowest BCUT2D eigenvalue weighted by atomic mass is 10.0. The van der Waals surface area contributed by atoms with Crippen molar-refractivity contribution in [3.63, 3.8) is 0 Å². The molecule has 1 heterocycles. The van der Waals surface area contributed by atoms with Crippen LogP contribution in [0.15, 0.2) is 18.2 Å². The molecule has 1 aromatic rings. The molecule has 0 aliphatic carbocycles. The summed E-state index contributed by atoms with van der Waals surface area (Å²) in [5.41, 5.74) is 1.21. The van der Waals surface area contributed by atoms with Gasteiger partial charge in [0.15, 0.2) is 11.5 Å². The Morgan fingerprint density at radius 1 is 1.35 bits per heavy atom. The van der Waals surface area contributed by atoms with E-state index in [2.05, 4.69) is 24.4 Å². The molecule has 0 bridgehead atoms. The summed E-state index contributed by atoms with van der Waals surface area (Å²) in [5.74, 6) is 1.67. The molecule has 1 aliphatic rings. The van der Waals surface area contributed by atoms with Crippen molar-refractivity contribution in [2.45, 2.75) is 25.8 Å². The Morgan fingerprint density at radius 3 is 2.82 bits per heavy atom. The van der Waals surface area contributed by atoms with Crippen molar-refractivity contribution in [3.05, 3.63) is 23.8 Å². The first-order chi connectivity index (χ1) is 8.33. The summed E-state index contributed by atoms with van der Waals surface area (Å²) < 4.78 is 11.0. The molecule has 0 aromatic heterocycles. The van der Waals surface area contributed by atoms with Crippen molar-refractivity contribution in [2.75, 3.05) is 13.2 Å². The second-order valence-corrected chi connectivity index (χ2v) is 4.08. The molecule has 0 saturated heterocycles. The highest BCUT2D eigenvalue weighted by atomic mass is 16.6. The number of ether oxygens (including phenoxy) is 2. The van der Waals surface area contributed by atoms with Crippen molar-refractivity contribution in [1.29, 1.82) is 0 Å². The number of fused-ring (bicyclic) bond motifs is 1. The van der Waals surface area contributed by atoms with Gasteiger partial charge < -0.3 is 14.8 Å². The quantitative estimate of drug-likeness (QED) is 0.634. The van der Waals surface area contributed by atoms with E-state index in [1.807, 2.05) is 12.1 Å². The third-order valence-electron chi connectivity index (χ3n) is 2.87. The lowest BCUT2D eigenvalue weighted by Gasteiger charge is -2.20. The van der Waals surface area contributed by atoms with Crippen molar-refractivity contribution in [1.82, 2.24) is 5.32 Å². The smallest absolute Gasteiger partial charge is 0.161 e. The number of hydrogen-bond donors (Lipinski definition) is 1. The summed E-state index contributed by atoms with van der Waals surface area (Å²) in [6, 6.07) is 8.87. The summed E-state index contributed by atoms with van der Waals surface area (Å²) in [5, 5.41) is 3.02. The van der Waals surface area contributed by atoms with Gasteiger partial charge in [0.05, 0.1) is 0 Å². The van der Waals surface area contributed by atoms with E-state index in [-0.39, 0.29) is 0 Å². The van der Waals surface area contributed by atoms with Gasteiger partial charge in [0, 0.05) is 12.1 Å². The van der Waals surface area contributed by atoms with Crippen LogP contribution < -0.4 is 14.8 Å². The van der Waals surface area contributed by atoms with Crippen LogP contribution in [0.4, 0.5) is 0 Å². The van der Waals surface area contributed by atoms with E-state index >= 15 is 0 Å². The average Bonchev–Trinajstić information content (AvgIpc) is 2.38. The highest BCUT2D eigenvalue weighted by Gasteiger charge is 2.13. The predicted molar refractivity (Wildman–Crippen MR) is 67.2 cm³/mol. The Bertz CT molecular complexity index is 423. The zero-order chi connectivity index (χ0) is 12.1. The summed E-state index contributed by atoms with van der Waals surface area (Å²) in [7, 11) is 0. The van der Waals surface area contributed by atoms with Crippen LogP contribution in [0.1, 0.15) is 18.9 Å². The summed E-state index contributed by atoms with van der Waals surface area (Å²) >= 11 is 0. The van der Waals surface area contributed by atoms with Gasteiger partial charge in [-0.25, -0.2) is 0 Å². The van der Waals surface area contributed by atoms with Gasteiger partial charge in [-0.1, -0.05) is 19.4 Å². The second kappa shape index (κ2) is 5.49. The van der Waals surface area contributed by atoms with Crippen LogP contribution in [-0.4, -0.2) is 19.3 Å². The molecule has 1 aliphatic heterocycles. The molecule has 0 radical (unpaired) electrons. The topological polar surface area (TPSA) is 30.5 Å². The highest BCUT2D eigenvalue weighted by Crippen LogP contribution is 2.31. The molecule has 0 spiro atoms.